The van der Waals surface area contributed by atoms with E-state index >= 15 is 0 Å². The predicted octanol–water partition coefficient (Wildman–Crippen LogP) is 3.06. The third-order valence-electron chi connectivity index (χ3n) is 1.78. The van der Waals surface area contributed by atoms with E-state index in [4.69, 9.17) is 0 Å². The van der Waals surface area contributed by atoms with Crippen LogP contribution in [-0.4, -0.2) is 12.4 Å². The van der Waals surface area contributed by atoms with Gasteiger partial charge in [-0.05, 0) is 26.0 Å². The summed E-state index contributed by atoms with van der Waals surface area (Å²) >= 11 is 0. The van der Waals surface area contributed by atoms with E-state index in [2.05, 4.69) is 37.5 Å². The highest BCUT2D eigenvalue weighted by Gasteiger charge is 2.12. The first-order valence-corrected chi connectivity index (χ1v) is 4.06. The first-order valence-electron chi connectivity index (χ1n) is 4.06. The molecule has 12 heavy (non-hydrogen) atoms. The number of allylic oxidation sites excluding steroid dienone is 1. The van der Waals surface area contributed by atoms with Gasteiger partial charge in [0, 0.05) is 11.9 Å². The van der Waals surface area contributed by atoms with E-state index in [9.17, 15) is 0 Å². The van der Waals surface area contributed by atoms with Gasteiger partial charge in [0.25, 0.3) is 0 Å². The highest BCUT2D eigenvalue weighted by Crippen LogP contribution is 2.15. The Morgan fingerprint density at radius 1 is 1.25 bits per heavy atom. The first-order chi connectivity index (χ1) is 5.38. The van der Waals surface area contributed by atoms with Crippen LogP contribution in [0.5, 0.6) is 0 Å². The molecule has 0 saturated heterocycles. The lowest BCUT2D eigenvalue weighted by Crippen LogP contribution is -2.16. The fourth-order valence-corrected chi connectivity index (χ4v) is 0.425. The van der Waals surface area contributed by atoms with E-state index < -0.39 is 0 Å². The van der Waals surface area contributed by atoms with Crippen molar-refractivity contribution >= 4 is 12.4 Å². The molecule has 0 heterocycles. The van der Waals surface area contributed by atoms with Gasteiger partial charge in [-0.15, -0.1) is 0 Å². The largest absolute Gasteiger partial charge is 0.268 e. The minimum absolute atomic E-state index is 0.137. The SMILES string of the molecule is C=N/C(C)=C\N=C(C)C(C)(C)C. The maximum Gasteiger partial charge on any atom is 0.0547 e. The summed E-state index contributed by atoms with van der Waals surface area (Å²) in [6.45, 7) is 13.7. The highest BCUT2D eigenvalue weighted by atomic mass is 14.8. The molecule has 0 aliphatic carbocycles. The zero-order valence-electron chi connectivity index (χ0n) is 8.68. The van der Waals surface area contributed by atoms with Gasteiger partial charge in [-0.3, -0.25) is 9.98 Å². The monoisotopic (exact) mass is 166 g/mol. The molecule has 68 valence electrons. The minimum atomic E-state index is 0.137. The fourth-order valence-electron chi connectivity index (χ4n) is 0.425. The number of hydrogen-bond donors (Lipinski definition) is 0. The van der Waals surface area contributed by atoms with Crippen LogP contribution in [0.4, 0.5) is 0 Å². The van der Waals surface area contributed by atoms with Crippen molar-refractivity contribution in [3.63, 3.8) is 0 Å². The van der Waals surface area contributed by atoms with Crippen LogP contribution in [0.3, 0.4) is 0 Å². The van der Waals surface area contributed by atoms with Crippen molar-refractivity contribution in [2.75, 3.05) is 0 Å². The van der Waals surface area contributed by atoms with E-state index in [-0.39, 0.29) is 5.41 Å². The molecule has 0 aromatic heterocycles. The van der Waals surface area contributed by atoms with Crippen LogP contribution in [0, 0.1) is 5.41 Å². The molecule has 0 N–H and O–H groups in total. The molecule has 0 radical (unpaired) electrons. The molecule has 0 aliphatic rings. The molecular formula is C10H18N2. The van der Waals surface area contributed by atoms with E-state index in [1.807, 2.05) is 13.8 Å². The maximum absolute atomic E-state index is 4.29. The van der Waals surface area contributed by atoms with Gasteiger partial charge < -0.3 is 0 Å². The average molecular weight is 166 g/mol. The van der Waals surface area contributed by atoms with Gasteiger partial charge in [0.1, 0.15) is 0 Å². The summed E-state index contributed by atoms with van der Waals surface area (Å²) in [5, 5.41) is 0. The zero-order valence-corrected chi connectivity index (χ0v) is 8.68. The van der Waals surface area contributed by atoms with Crippen molar-refractivity contribution in [2.24, 2.45) is 15.4 Å². The smallest absolute Gasteiger partial charge is 0.0547 e. The van der Waals surface area contributed by atoms with Crippen LogP contribution in [0.15, 0.2) is 21.9 Å². The van der Waals surface area contributed by atoms with Gasteiger partial charge in [-0.25, -0.2) is 0 Å². The molecule has 2 nitrogen and oxygen atoms in total. The second-order valence-corrected chi connectivity index (χ2v) is 3.89. The third kappa shape index (κ3) is 4.06. The van der Waals surface area contributed by atoms with Crippen LogP contribution in [0.2, 0.25) is 0 Å². The summed E-state index contributed by atoms with van der Waals surface area (Å²) in [5.74, 6) is 0. The van der Waals surface area contributed by atoms with Crippen LogP contribution >= 0.6 is 0 Å². The quantitative estimate of drug-likeness (QED) is 0.563. The lowest BCUT2D eigenvalue weighted by Gasteiger charge is -2.16. The van der Waals surface area contributed by atoms with E-state index in [0.29, 0.717) is 0 Å². The molecule has 0 amide bonds. The minimum Gasteiger partial charge on any atom is -0.268 e. The van der Waals surface area contributed by atoms with Crippen molar-refractivity contribution in [1.29, 1.82) is 0 Å². The number of aliphatic imine (C=N–C) groups is 2. The first kappa shape index (κ1) is 11.1. The Balaban J connectivity index is 4.49. The molecule has 0 fully saturated rings. The summed E-state index contributed by atoms with van der Waals surface area (Å²) in [6, 6.07) is 0. The molecule has 0 bridgehead atoms. The molecule has 0 unspecified atom stereocenters. The summed E-state index contributed by atoms with van der Waals surface area (Å²) in [5.41, 5.74) is 2.09. The number of rotatable bonds is 2. The maximum atomic E-state index is 4.29. The average Bonchev–Trinajstić information content (AvgIpc) is 1.97. The number of hydrogen-bond acceptors (Lipinski definition) is 2. The molecule has 0 aliphatic heterocycles. The van der Waals surface area contributed by atoms with Crippen molar-refractivity contribution in [1.82, 2.24) is 0 Å². The summed E-state index contributed by atoms with van der Waals surface area (Å²) in [4.78, 5) is 8.03. The van der Waals surface area contributed by atoms with Gasteiger partial charge in [0.05, 0.1) is 5.70 Å². The van der Waals surface area contributed by atoms with Gasteiger partial charge in [0.2, 0.25) is 0 Å². The lowest BCUT2D eigenvalue weighted by atomic mass is 9.91. The Hall–Kier alpha value is -0.920. The number of nitrogens with zero attached hydrogens (tertiary/aromatic N) is 2. The van der Waals surface area contributed by atoms with Gasteiger partial charge >= 0.3 is 0 Å². The Bertz CT molecular complexity index is 216. The standard InChI is InChI=1S/C10H18N2/c1-8(11-6)7-12-9(2)10(3,4)5/h7H,6H2,1-5H3/b8-7-,12-9?. The van der Waals surface area contributed by atoms with Gasteiger partial charge in [-0.2, -0.15) is 0 Å². The second kappa shape index (κ2) is 4.19. The molecule has 0 rings (SSSR count). The molecule has 0 aromatic carbocycles. The molecular weight excluding hydrogens is 148 g/mol. The van der Waals surface area contributed by atoms with E-state index in [1.54, 1.807) is 6.20 Å². The summed E-state index contributed by atoms with van der Waals surface area (Å²) in [6.07, 6.45) is 1.74. The highest BCUT2D eigenvalue weighted by molar-refractivity contribution is 5.87. The zero-order chi connectivity index (χ0) is 9.78. The molecule has 0 aromatic rings. The third-order valence-corrected chi connectivity index (χ3v) is 1.78. The van der Waals surface area contributed by atoms with E-state index in [0.717, 1.165) is 11.4 Å². The Kier molecular flexibility index (Phi) is 3.87. The molecule has 2 heteroatoms. The molecule has 0 spiro atoms. The van der Waals surface area contributed by atoms with Crippen LogP contribution in [-0.2, 0) is 0 Å². The summed E-state index contributed by atoms with van der Waals surface area (Å²) in [7, 11) is 0. The normalized spacial score (nSPS) is 14.8. The van der Waals surface area contributed by atoms with Crippen molar-refractivity contribution < 1.29 is 0 Å². The Morgan fingerprint density at radius 2 is 1.75 bits per heavy atom. The molecule has 0 saturated carbocycles. The van der Waals surface area contributed by atoms with Crippen LogP contribution < -0.4 is 0 Å². The van der Waals surface area contributed by atoms with Crippen molar-refractivity contribution in [3.8, 4) is 0 Å². The Labute approximate surface area is 75.1 Å². The van der Waals surface area contributed by atoms with Crippen molar-refractivity contribution in [3.05, 3.63) is 11.9 Å². The van der Waals surface area contributed by atoms with Gasteiger partial charge in [-0.1, -0.05) is 20.8 Å². The topological polar surface area (TPSA) is 24.7 Å². The summed E-state index contributed by atoms with van der Waals surface area (Å²) < 4.78 is 0. The second-order valence-electron chi connectivity index (χ2n) is 3.89. The Morgan fingerprint density at radius 3 is 2.08 bits per heavy atom. The van der Waals surface area contributed by atoms with Crippen LogP contribution in [0.1, 0.15) is 34.6 Å². The lowest BCUT2D eigenvalue weighted by molar-refractivity contribution is 0.588. The van der Waals surface area contributed by atoms with Crippen LogP contribution in [0.25, 0.3) is 0 Å². The predicted molar refractivity (Wildman–Crippen MR) is 55.9 cm³/mol. The van der Waals surface area contributed by atoms with Crippen molar-refractivity contribution in [2.45, 2.75) is 34.6 Å². The van der Waals surface area contributed by atoms with E-state index in [1.165, 1.54) is 0 Å². The van der Waals surface area contributed by atoms with Gasteiger partial charge in [0.15, 0.2) is 0 Å². The molecule has 0 atom stereocenters. The fraction of sp³-hybridized carbons (Fsp3) is 0.600.